The molecular weight excluding hydrogens is 188 g/mol. The van der Waals surface area contributed by atoms with Crippen molar-refractivity contribution in [2.75, 3.05) is 0 Å². The van der Waals surface area contributed by atoms with E-state index in [2.05, 4.69) is 36.5 Å². The minimum Gasteiger partial charge on any atom is -0.353 e. The molecule has 1 aliphatic carbocycles. The van der Waals surface area contributed by atoms with Crippen LogP contribution in [0.2, 0.25) is 0 Å². The number of guanidine groups is 1. The summed E-state index contributed by atoms with van der Waals surface area (Å²) < 4.78 is 0. The molecule has 1 fully saturated rings. The molecule has 4 nitrogen and oxygen atoms in total. The van der Waals surface area contributed by atoms with Gasteiger partial charge in [0.15, 0.2) is 0 Å². The van der Waals surface area contributed by atoms with Gasteiger partial charge in [0.25, 0.3) is 0 Å². The van der Waals surface area contributed by atoms with Gasteiger partial charge in [0.05, 0.1) is 6.04 Å². The van der Waals surface area contributed by atoms with Crippen LogP contribution >= 0.6 is 0 Å². The van der Waals surface area contributed by atoms with Crippen molar-refractivity contribution in [3.63, 3.8) is 0 Å². The normalized spacial score (nSPS) is 20.9. The molecule has 0 aromatic heterocycles. The second kappa shape index (κ2) is 5.95. The SMILES string of the molecule is CCC(C)CC(C)NC(=NC1CC1)NN. The lowest BCUT2D eigenvalue weighted by atomic mass is 10.0. The van der Waals surface area contributed by atoms with Crippen molar-refractivity contribution in [1.82, 2.24) is 10.7 Å². The Morgan fingerprint density at radius 1 is 1.47 bits per heavy atom. The molecule has 1 rings (SSSR count). The molecule has 1 saturated carbocycles. The van der Waals surface area contributed by atoms with Crippen LogP contribution in [-0.4, -0.2) is 18.0 Å². The Balaban J connectivity index is 2.30. The topological polar surface area (TPSA) is 62.4 Å². The lowest BCUT2D eigenvalue weighted by molar-refractivity contribution is 0.445. The molecule has 0 saturated heterocycles. The first-order chi connectivity index (χ1) is 7.15. The van der Waals surface area contributed by atoms with E-state index in [4.69, 9.17) is 5.84 Å². The third-order valence-corrected chi connectivity index (χ3v) is 2.83. The second-order valence-electron chi connectivity index (χ2n) is 4.65. The Labute approximate surface area is 92.7 Å². The predicted octanol–water partition coefficient (Wildman–Crippen LogP) is 1.38. The van der Waals surface area contributed by atoms with Crippen molar-refractivity contribution >= 4 is 5.96 Å². The maximum Gasteiger partial charge on any atom is 0.206 e. The Kier molecular flexibility index (Phi) is 4.88. The number of nitrogens with zero attached hydrogens (tertiary/aromatic N) is 1. The first-order valence-electron chi connectivity index (χ1n) is 5.96. The fourth-order valence-corrected chi connectivity index (χ4v) is 1.56. The highest BCUT2D eigenvalue weighted by Crippen LogP contribution is 2.23. The predicted molar refractivity (Wildman–Crippen MR) is 64.4 cm³/mol. The number of hydrogen-bond donors (Lipinski definition) is 3. The standard InChI is InChI=1S/C11H24N4/c1-4-8(2)7-9(3)13-11(15-12)14-10-5-6-10/h8-10H,4-7,12H2,1-3H3,(H2,13,14,15). The van der Waals surface area contributed by atoms with E-state index in [0.29, 0.717) is 12.1 Å². The van der Waals surface area contributed by atoms with Crippen LogP contribution in [0, 0.1) is 5.92 Å². The summed E-state index contributed by atoms with van der Waals surface area (Å²) >= 11 is 0. The second-order valence-corrected chi connectivity index (χ2v) is 4.65. The van der Waals surface area contributed by atoms with Crippen molar-refractivity contribution in [3.8, 4) is 0 Å². The minimum atomic E-state index is 0.425. The average molecular weight is 212 g/mol. The van der Waals surface area contributed by atoms with Crippen LogP contribution in [0.3, 0.4) is 0 Å². The van der Waals surface area contributed by atoms with Crippen molar-refractivity contribution in [2.24, 2.45) is 16.8 Å². The number of hydrogen-bond acceptors (Lipinski definition) is 2. The molecule has 2 unspecified atom stereocenters. The summed E-state index contributed by atoms with van der Waals surface area (Å²) in [6, 6.07) is 0.924. The third-order valence-electron chi connectivity index (χ3n) is 2.83. The Hall–Kier alpha value is -0.770. The monoisotopic (exact) mass is 212 g/mol. The van der Waals surface area contributed by atoms with E-state index in [1.165, 1.54) is 19.3 Å². The van der Waals surface area contributed by atoms with E-state index in [0.717, 1.165) is 18.3 Å². The highest BCUT2D eigenvalue weighted by molar-refractivity contribution is 5.79. The van der Waals surface area contributed by atoms with Gasteiger partial charge in [-0.05, 0) is 32.1 Å². The fourth-order valence-electron chi connectivity index (χ4n) is 1.56. The summed E-state index contributed by atoms with van der Waals surface area (Å²) in [5, 5.41) is 3.32. The van der Waals surface area contributed by atoms with Crippen LogP contribution in [-0.2, 0) is 0 Å². The van der Waals surface area contributed by atoms with Crippen molar-refractivity contribution in [2.45, 2.75) is 58.5 Å². The molecule has 1 aliphatic rings. The number of hydrazine groups is 1. The molecule has 0 heterocycles. The lowest BCUT2D eigenvalue weighted by Gasteiger charge is -2.19. The highest BCUT2D eigenvalue weighted by Gasteiger charge is 2.21. The van der Waals surface area contributed by atoms with Crippen LogP contribution in [0.4, 0.5) is 0 Å². The molecule has 0 aromatic carbocycles. The van der Waals surface area contributed by atoms with Gasteiger partial charge in [0.2, 0.25) is 5.96 Å². The molecule has 2 atom stereocenters. The van der Waals surface area contributed by atoms with Crippen molar-refractivity contribution in [1.29, 1.82) is 0 Å². The summed E-state index contributed by atoms with van der Waals surface area (Å²) in [7, 11) is 0. The van der Waals surface area contributed by atoms with Crippen molar-refractivity contribution < 1.29 is 0 Å². The third kappa shape index (κ3) is 5.02. The smallest absolute Gasteiger partial charge is 0.206 e. The van der Waals surface area contributed by atoms with E-state index in [-0.39, 0.29) is 0 Å². The van der Waals surface area contributed by atoms with E-state index in [1.807, 2.05) is 0 Å². The molecule has 0 radical (unpaired) electrons. The Morgan fingerprint density at radius 3 is 2.60 bits per heavy atom. The van der Waals surface area contributed by atoms with Crippen LogP contribution in [0.15, 0.2) is 4.99 Å². The molecule has 0 spiro atoms. The van der Waals surface area contributed by atoms with Crippen LogP contribution in [0.1, 0.15) is 46.5 Å². The van der Waals surface area contributed by atoms with E-state index < -0.39 is 0 Å². The molecule has 0 aromatic rings. The molecule has 0 aliphatic heterocycles. The molecule has 4 N–H and O–H groups in total. The van der Waals surface area contributed by atoms with Crippen LogP contribution in [0.5, 0.6) is 0 Å². The fraction of sp³-hybridized carbons (Fsp3) is 0.909. The van der Waals surface area contributed by atoms with Gasteiger partial charge in [-0.2, -0.15) is 0 Å². The molecule has 0 amide bonds. The van der Waals surface area contributed by atoms with Gasteiger partial charge in [0.1, 0.15) is 0 Å². The van der Waals surface area contributed by atoms with Gasteiger partial charge in [-0.1, -0.05) is 20.3 Å². The summed E-state index contributed by atoms with van der Waals surface area (Å²) in [4.78, 5) is 4.45. The molecule has 88 valence electrons. The summed E-state index contributed by atoms with van der Waals surface area (Å²) in [5.74, 6) is 6.90. The Morgan fingerprint density at radius 2 is 2.13 bits per heavy atom. The van der Waals surface area contributed by atoms with Crippen molar-refractivity contribution in [3.05, 3.63) is 0 Å². The number of aliphatic imine (C=N–C) groups is 1. The first kappa shape index (κ1) is 12.3. The quantitative estimate of drug-likeness (QED) is 0.279. The van der Waals surface area contributed by atoms with Gasteiger partial charge < -0.3 is 5.32 Å². The molecule has 15 heavy (non-hydrogen) atoms. The van der Waals surface area contributed by atoms with Gasteiger partial charge in [0, 0.05) is 6.04 Å². The van der Waals surface area contributed by atoms with E-state index in [9.17, 15) is 0 Å². The first-order valence-corrected chi connectivity index (χ1v) is 5.96. The molecule has 4 heteroatoms. The maximum atomic E-state index is 5.42. The average Bonchev–Trinajstić information content (AvgIpc) is 3.00. The summed E-state index contributed by atoms with van der Waals surface area (Å²) in [6.07, 6.45) is 4.78. The summed E-state index contributed by atoms with van der Waals surface area (Å²) in [6.45, 7) is 6.66. The minimum absolute atomic E-state index is 0.425. The number of nitrogens with two attached hydrogens (primary N) is 1. The number of nitrogens with one attached hydrogen (secondary N) is 2. The molecule has 0 bridgehead atoms. The zero-order valence-electron chi connectivity index (χ0n) is 10.1. The Bertz CT molecular complexity index is 211. The number of rotatable bonds is 5. The van der Waals surface area contributed by atoms with Crippen LogP contribution in [0.25, 0.3) is 0 Å². The van der Waals surface area contributed by atoms with E-state index >= 15 is 0 Å². The van der Waals surface area contributed by atoms with Gasteiger partial charge >= 0.3 is 0 Å². The van der Waals surface area contributed by atoms with Gasteiger partial charge in [-0.15, -0.1) is 0 Å². The summed E-state index contributed by atoms with van der Waals surface area (Å²) in [5.41, 5.74) is 2.63. The largest absolute Gasteiger partial charge is 0.353 e. The zero-order valence-corrected chi connectivity index (χ0v) is 10.1. The maximum absolute atomic E-state index is 5.42. The van der Waals surface area contributed by atoms with Crippen LogP contribution < -0.4 is 16.6 Å². The molecular formula is C11H24N4. The lowest BCUT2D eigenvalue weighted by Crippen LogP contribution is -2.46. The highest BCUT2D eigenvalue weighted by atomic mass is 15.3. The van der Waals surface area contributed by atoms with E-state index in [1.54, 1.807) is 0 Å². The van der Waals surface area contributed by atoms with Gasteiger partial charge in [-0.3, -0.25) is 5.43 Å². The zero-order chi connectivity index (χ0) is 11.3. The van der Waals surface area contributed by atoms with Gasteiger partial charge in [-0.25, -0.2) is 10.8 Å².